The van der Waals surface area contributed by atoms with E-state index in [1.54, 1.807) is 0 Å². The number of amides is 1. The summed E-state index contributed by atoms with van der Waals surface area (Å²) in [5, 5.41) is 16.6. The molecular weight excluding hydrogens is 244 g/mol. The zero-order valence-corrected chi connectivity index (χ0v) is 11.8. The number of tetrazole rings is 1. The molecule has 7 nitrogen and oxygen atoms in total. The fourth-order valence-corrected chi connectivity index (χ4v) is 2.43. The van der Waals surface area contributed by atoms with Crippen LogP contribution in [0, 0.1) is 5.92 Å². The van der Waals surface area contributed by atoms with Crippen molar-refractivity contribution in [3.05, 3.63) is 5.82 Å². The highest BCUT2D eigenvalue weighted by Gasteiger charge is 2.27. The Hall–Kier alpha value is -1.50. The predicted molar refractivity (Wildman–Crippen MR) is 70.2 cm³/mol. The van der Waals surface area contributed by atoms with Gasteiger partial charge in [0.05, 0.1) is 6.04 Å². The number of H-pyrrole nitrogens is 1. The van der Waals surface area contributed by atoms with Crippen molar-refractivity contribution >= 4 is 5.91 Å². The molecule has 1 amide bonds. The van der Waals surface area contributed by atoms with Crippen molar-refractivity contribution < 1.29 is 4.79 Å². The minimum atomic E-state index is -0.200. The van der Waals surface area contributed by atoms with Crippen LogP contribution in [-0.2, 0) is 4.79 Å². The summed E-state index contributed by atoms with van der Waals surface area (Å²) in [5.41, 5.74) is 0. The molecule has 1 aromatic heterocycles. The normalized spacial score (nSPS) is 19.6. The van der Waals surface area contributed by atoms with Gasteiger partial charge in [0.2, 0.25) is 5.91 Å². The highest BCUT2D eigenvalue weighted by molar-refractivity contribution is 5.79. The number of hydrogen-bond donors (Lipinski definition) is 2. The largest absolute Gasteiger partial charge is 0.346 e. The lowest BCUT2D eigenvalue weighted by Crippen LogP contribution is -2.43. The van der Waals surface area contributed by atoms with Gasteiger partial charge < -0.3 is 10.2 Å². The van der Waals surface area contributed by atoms with Gasteiger partial charge in [-0.3, -0.25) is 4.79 Å². The van der Waals surface area contributed by atoms with Crippen LogP contribution in [0.2, 0.25) is 0 Å². The van der Waals surface area contributed by atoms with Crippen molar-refractivity contribution in [1.82, 2.24) is 30.8 Å². The Morgan fingerprint density at radius 1 is 1.37 bits per heavy atom. The lowest BCUT2D eigenvalue weighted by atomic mass is 9.95. The topological polar surface area (TPSA) is 86.8 Å². The molecule has 1 saturated heterocycles. The highest BCUT2D eigenvalue weighted by Crippen LogP contribution is 2.20. The van der Waals surface area contributed by atoms with Gasteiger partial charge in [0.15, 0.2) is 5.82 Å². The first-order valence-corrected chi connectivity index (χ1v) is 6.85. The van der Waals surface area contributed by atoms with Crippen molar-refractivity contribution in [3.63, 3.8) is 0 Å². The van der Waals surface area contributed by atoms with Crippen LogP contribution < -0.4 is 5.32 Å². The average Bonchev–Trinajstić information content (AvgIpc) is 2.92. The fourth-order valence-electron chi connectivity index (χ4n) is 2.43. The second-order valence-electron chi connectivity index (χ2n) is 5.40. The second kappa shape index (κ2) is 6.10. The molecule has 106 valence electrons. The van der Waals surface area contributed by atoms with E-state index in [1.165, 1.54) is 0 Å². The van der Waals surface area contributed by atoms with Crippen LogP contribution in [0.25, 0.3) is 0 Å². The molecule has 19 heavy (non-hydrogen) atoms. The standard InChI is InChI=1S/C12H22N6O/c1-8(2)18-6-4-10(5-7-18)12(19)13-9(3)11-14-16-17-15-11/h8-10H,4-7H2,1-3H3,(H,13,19)(H,14,15,16,17)/t9-/m1/s1. The van der Waals surface area contributed by atoms with Crippen molar-refractivity contribution in [3.8, 4) is 0 Å². The number of carbonyl (C=O) groups is 1. The molecule has 1 aliphatic heterocycles. The molecule has 1 fully saturated rings. The number of nitrogens with one attached hydrogen (secondary N) is 2. The molecule has 2 N–H and O–H groups in total. The van der Waals surface area contributed by atoms with E-state index in [-0.39, 0.29) is 17.9 Å². The molecule has 2 heterocycles. The van der Waals surface area contributed by atoms with Gasteiger partial charge >= 0.3 is 0 Å². The van der Waals surface area contributed by atoms with Crippen LogP contribution in [0.1, 0.15) is 45.5 Å². The van der Waals surface area contributed by atoms with Crippen molar-refractivity contribution in [2.24, 2.45) is 5.92 Å². The van der Waals surface area contributed by atoms with Gasteiger partial charge in [-0.1, -0.05) is 5.21 Å². The molecule has 0 radical (unpaired) electrons. The van der Waals surface area contributed by atoms with Gasteiger partial charge in [-0.2, -0.15) is 5.21 Å². The van der Waals surface area contributed by atoms with Crippen molar-refractivity contribution in [1.29, 1.82) is 0 Å². The van der Waals surface area contributed by atoms with Gasteiger partial charge in [-0.15, -0.1) is 10.2 Å². The van der Waals surface area contributed by atoms with E-state index in [0.29, 0.717) is 11.9 Å². The van der Waals surface area contributed by atoms with E-state index in [0.717, 1.165) is 25.9 Å². The first-order chi connectivity index (χ1) is 9.08. The zero-order chi connectivity index (χ0) is 13.8. The van der Waals surface area contributed by atoms with E-state index in [1.807, 2.05) is 6.92 Å². The Bertz CT molecular complexity index is 396. The Morgan fingerprint density at radius 2 is 2.05 bits per heavy atom. The van der Waals surface area contributed by atoms with Crippen LogP contribution in [0.3, 0.4) is 0 Å². The molecule has 1 atom stereocenters. The van der Waals surface area contributed by atoms with Crippen LogP contribution in [0.15, 0.2) is 0 Å². The highest BCUT2D eigenvalue weighted by atomic mass is 16.2. The minimum absolute atomic E-state index is 0.0979. The first-order valence-electron chi connectivity index (χ1n) is 6.85. The molecule has 0 aliphatic carbocycles. The van der Waals surface area contributed by atoms with Crippen molar-refractivity contribution in [2.75, 3.05) is 13.1 Å². The zero-order valence-electron chi connectivity index (χ0n) is 11.8. The quantitative estimate of drug-likeness (QED) is 0.828. The number of likely N-dealkylation sites (tertiary alicyclic amines) is 1. The van der Waals surface area contributed by atoms with Gasteiger partial charge in [0.25, 0.3) is 0 Å². The Balaban J connectivity index is 1.81. The Labute approximate surface area is 113 Å². The number of aromatic nitrogens is 4. The summed E-state index contributed by atoms with van der Waals surface area (Å²) >= 11 is 0. The van der Waals surface area contributed by atoms with E-state index >= 15 is 0 Å². The van der Waals surface area contributed by atoms with Gasteiger partial charge in [0.1, 0.15) is 0 Å². The molecule has 0 saturated carbocycles. The Kier molecular flexibility index (Phi) is 4.47. The summed E-state index contributed by atoms with van der Waals surface area (Å²) in [6.45, 7) is 8.24. The maximum absolute atomic E-state index is 12.2. The molecule has 0 spiro atoms. The minimum Gasteiger partial charge on any atom is -0.346 e. The summed E-state index contributed by atoms with van der Waals surface area (Å²) in [7, 11) is 0. The van der Waals surface area contributed by atoms with Crippen LogP contribution in [0.4, 0.5) is 0 Å². The maximum atomic E-state index is 12.2. The Morgan fingerprint density at radius 3 is 2.58 bits per heavy atom. The number of carbonyl (C=O) groups excluding carboxylic acids is 1. The molecular formula is C12H22N6O. The maximum Gasteiger partial charge on any atom is 0.223 e. The van der Waals surface area contributed by atoms with E-state index in [4.69, 9.17) is 0 Å². The molecule has 1 aliphatic rings. The smallest absolute Gasteiger partial charge is 0.223 e. The van der Waals surface area contributed by atoms with Crippen LogP contribution >= 0.6 is 0 Å². The number of hydrogen-bond acceptors (Lipinski definition) is 5. The molecule has 0 bridgehead atoms. The molecule has 0 aromatic carbocycles. The number of nitrogens with zero attached hydrogens (tertiary/aromatic N) is 4. The lowest BCUT2D eigenvalue weighted by Gasteiger charge is -2.34. The van der Waals surface area contributed by atoms with E-state index in [9.17, 15) is 4.79 Å². The summed E-state index contributed by atoms with van der Waals surface area (Å²) in [6, 6.07) is 0.358. The lowest BCUT2D eigenvalue weighted by molar-refractivity contribution is -0.127. The first kappa shape index (κ1) is 13.9. The summed E-state index contributed by atoms with van der Waals surface area (Å²) in [4.78, 5) is 14.6. The van der Waals surface area contributed by atoms with Gasteiger partial charge in [0, 0.05) is 12.0 Å². The monoisotopic (exact) mass is 266 g/mol. The SMILES string of the molecule is CC(C)N1CCC(C(=O)N[C@H](C)c2nn[nH]n2)CC1. The molecule has 7 heteroatoms. The molecule has 2 rings (SSSR count). The number of rotatable bonds is 4. The van der Waals surface area contributed by atoms with E-state index in [2.05, 4.69) is 44.7 Å². The van der Waals surface area contributed by atoms with Crippen molar-refractivity contribution in [2.45, 2.75) is 45.7 Å². The third kappa shape index (κ3) is 3.50. The van der Waals surface area contributed by atoms with Gasteiger partial charge in [-0.05, 0) is 46.7 Å². The molecule has 1 aromatic rings. The summed E-state index contributed by atoms with van der Waals surface area (Å²) in [6.07, 6.45) is 1.84. The average molecular weight is 266 g/mol. The van der Waals surface area contributed by atoms with Gasteiger partial charge in [-0.25, -0.2) is 0 Å². The third-order valence-corrected chi connectivity index (χ3v) is 3.74. The summed E-state index contributed by atoms with van der Waals surface area (Å²) in [5.74, 6) is 0.720. The number of piperidine rings is 1. The van der Waals surface area contributed by atoms with Crippen LogP contribution in [-0.4, -0.2) is 50.6 Å². The summed E-state index contributed by atoms with van der Waals surface area (Å²) < 4.78 is 0. The fraction of sp³-hybridized carbons (Fsp3) is 0.833. The number of aromatic amines is 1. The van der Waals surface area contributed by atoms with Crippen LogP contribution in [0.5, 0.6) is 0 Å². The third-order valence-electron chi connectivity index (χ3n) is 3.74. The second-order valence-corrected chi connectivity index (χ2v) is 5.40. The predicted octanol–water partition coefficient (Wildman–Crippen LogP) is 0.497. The van der Waals surface area contributed by atoms with E-state index < -0.39 is 0 Å². The molecule has 0 unspecified atom stereocenters.